The number of benzene rings is 3. The summed E-state index contributed by atoms with van der Waals surface area (Å²) in [6.45, 7) is 0. The summed E-state index contributed by atoms with van der Waals surface area (Å²) in [5.41, 5.74) is 2.25. The van der Waals surface area contributed by atoms with Crippen molar-refractivity contribution in [3.8, 4) is 5.75 Å². The average Bonchev–Trinajstić information content (AvgIpc) is 3.40. The third-order valence-electron chi connectivity index (χ3n) is 7.49. The van der Waals surface area contributed by atoms with E-state index in [1.165, 1.54) is 31.4 Å². The molecule has 2 amide bonds. The van der Waals surface area contributed by atoms with E-state index in [0.29, 0.717) is 15.8 Å². The van der Waals surface area contributed by atoms with Crippen molar-refractivity contribution in [1.82, 2.24) is 4.90 Å². The van der Waals surface area contributed by atoms with Crippen LogP contribution in [0.2, 0.25) is 0 Å². The Kier molecular flexibility index (Phi) is 5.64. The van der Waals surface area contributed by atoms with E-state index in [9.17, 15) is 24.5 Å². The van der Waals surface area contributed by atoms with E-state index < -0.39 is 40.7 Å². The molecule has 9 nitrogen and oxygen atoms in total. The molecule has 3 aliphatic heterocycles. The van der Waals surface area contributed by atoms with Crippen LogP contribution >= 0.6 is 15.9 Å². The molecule has 0 spiro atoms. The summed E-state index contributed by atoms with van der Waals surface area (Å²) in [6.07, 6.45) is 3.68. The first-order valence-corrected chi connectivity index (χ1v) is 12.7. The minimum Gasteiger partial charge on any atom is -0.496 e. The maximum Gasteiger partial charge on any atom is 0.269 e. The van der Waals surface area contributed by atoms with E-state index in [4.69, 9.17) is 4.74 Å². The van der Waals surface area contributed by atoms with Crippen LogP contribution in [0.15, 0.2) is 77.4 Å². The molecule has 6 rings (SSSR count). The molecule has 0 saturated carbocycles. The van der Waals surface area contributed by atoms with Gasteiger partial charge in [-0.05, 0) is 63.5 Å². The smallest absolute Gasteiger partial charge is 0.269 e. The number of ketones is 1. The Labute approximate surface area is 225 Å². The molecule has 0 bridgehead atoms. The van der Waals surface area contributed by atoms with Crippen molar-refractivity contribution < 1.29 is 24.0 Å². The van der Waals surface area contributed by atoms with Gasteiger partial charge in [-0.15, -0.1) is 0 Å². The highest BCUT2D eigenvalue weighted by Crippen LogP contribution is 2.53. The number of carbonyl (C=O) groups excluding carboxylic acids is 3. The Hall–Kier alpha value is -4.31. The molecule has 4 atom stereocenters. The molecule has 38 heavy (non-hydrogen) atoms. The first-order chi connectivity index (χ1) is 18.3. The van der Waals surface area contributed by atoms with E-state index >= 15 is 0 Å². The monoisotopic (exact) mass is 573 g/mol. The van der Waals surface area contributed by atoms with E-state index in [1.54, 1.807) is 24.4 Å². The average molecular weight is 574 g/mol. The Bertz CT molecular complexity index is 1550. The molecule has 0 N–H and O–H groups in total. The van der Waals surface area contributed by atoms with E-state index in [2.05, 4.69) is 15.9 Å². The molecule has 2 saturated heterocycles. The lowest BCUT2D eigenvalue weighted by Crippen LogP contribution is -2.44. The molecule has 10 heteroatoms. The number of amides is 2. The van der Waals surface area contributed by atoms with Crippen molar-refractivity contribution >= 4 is 51.0 Å². The molecular weight excluding hydrogens is 554 g/mol. The number of ether oxygens (including phenoxy) is 1. The summed E-state index contributed by atoms with van der Waals surface area (Å²) < 4.78 is 5.88. The number of hydrogen-bond acceptors (Lipinski definition) is 7. The van der Waals surface area contributed by atoms with Crippen molar-refractivity contribution in [2.24, 2.45) is 11.8 Å². The minimum absolute atomic E-state index is 0.149. The lowest BCUT2D eigenvalue weighted by molar-refractivity contribution is -0.384. The summed E-state index contributed by atoms with van der Waals surface area (Å²) in [4.78, 5) is 55.3. The molecular formula is C28H20BrN3O6. The lowest BCUT2D eigenvalue weighted by Gasteiger charge is -2.35. The predicted octanol–water partition coefficient (Wildman–Crippen LogP) is 4.76. The quantitative estimate of drug-likeness (QED) is 0.187. The molecule has 0 unspecified atom stereocenters. The lowest BCUT2D eigenvalue weighted by atomic mass is 9.83. The van der Waals surface area contributed by atoms with Gasteiger partial charge in [-0.1, -0.05) is 24.3 Å². The van der Waals surface area contributed by atoms with Gasteiger partial charge in [0, 0.05) is 23.9 Å². The number of nitro benzene ring substituents is 1. The highest BCUT2D eigenvalue weighted by atomic mass is 79.9. The van der Waals surface area contributed by atoms with Gasteiger partial charge in [-0.2, -0.15) is 0 Å². The second kappa shape index (κ2) is 8.91. The van der Waals surface area contributed by atoms with Crippen LogP contribution in [0, 0.1) is 22.0 Å². The SMILES string of the molecule is COc1ccc(C(=O)[C@@H]2[C@@H]3C(=O)N(c4ccc([N+](=O)[O-])cc4)C(=O)[C@@H]3[C@H]3c4ccccc4C=CN23)cc1Br. The van der Waals surface area contributed by atoms with Crippen molar-refractivity contribution in [2.45, 2.75) is 12.1 Å². The highest BCUT2D eigenvalue weighted by molar-refractivity contribution is 9.10. The topological polar surface area (TPSA) is 110 Å². The van der Waals surface area contributed by atoms with Gasteiger partial charge in [0.25, 0.3) is 5.69 Å². The molecule has 2 fully saturated rings. The maximum atomic E-state index is 14.0. The fraction of sp³-hybridized carbons (Fsp3) is 0.179. The number of methoxy groups -OCH3 is 1. The van der Waals surface area contributed by atoms with E-state index in [0.717, 1.165) is 16.0 Å². The third kappa shape index (κ3) is 3.47. The van der Waals surface area contributed by atoms with Crippen LogP contribution in [0.1, 0.15) is 27.5 Å². The van der Waals surface area contributed by atoms with E-state index in [-0.39, 0.29) is 17.2 Å². The molecule has 3 aliphatic rings. The summed E-state index contributed by atoms with van der Waals surface area (Å²) in [6, 6.07) is 16.4. The number of nitrogens with zero attached hydrogens (tertiary/aromatic N) is 3. The Balaban J connectivity index is 1.46. The highest BCUT2D eigenvalue weighted by Gasteiger charge is 2.64. The van der Waals surface area contributed by atoms with Gasteiger partial charge in [-0.3, -0.25) is 24.5 Å². The molecule has 3 aromatic rings. The maximum absolute atomic E-state index is 14.0. The normalized spacial score (nSPS) is 23.2. The summed E-state index contributed by atoms with van der Waals surface area (Å²) >= 11 is 3.43. The van der Waals surface area contributed by atoms with Crippen molar-refractivity contribution in [3.63, 3.8) is 0 Å². The summed E-state index contributed by atoms with van der Waals surface area (Å²) in [5, 5.41) is 11.1. The fourth-order valence-corrected chi connectivity index (χ4v) is 6.37. The number of halogens is 1. The van der Waals surface area contributed by atoms with Crippen LogP contribution in [0.5, 0.6) is 5.75 Å². The van der Waals surface area contributed by atoms with Gasteiger partial charge >= 0.3 is 0 Å². The molecule has 0 radical (unpaired) electrons. The molecule has 0 aromatic heterocycles. The predicted molar refractivity (Wildman–Crippen MR) is 141 cm³/mol. The zero-order valence-corrected chi connectivity index (χ0v) is 21.6. The molecule has 190 valence electrons. The number of non-ortho nitro benzene ring substituents is 1. The number of Topliss-reactive ketones (excluding diaryl/α,β-unsaturated/α-hetero) is 1. The first kappa shape index (κ1) is 24.1. The van der Waals surface area contributed by atoms with Crippen LogP contribution in [0.25, 0.3) is 6.08 Å². The zero-order valence-electron chi connectivity index (χ0n) is 20.0. The number of rotatable bonds is 5. The van der Waals surface area contributed by atoms with E-state index in [1.807, 2.05) is 35.2 Å². The Morgan fingerprint density at radius 3 is 2.39 bits per heavy atom. The van der Waals surface area contributed by atoms with Crippen molar-refractivity contribution in [1.29, 1.82) is 0 Å². The molecule has 0 aliphatic carbocycles. The zero-order chi connectivity index (χ0) is 26.7. The first-order valence-electron chi connectivity index (χ1n) is 11.9. The third-order valence-corrected chi connectivity index (χ3v) is 8.10. The van der Waals surface area contributed by atoms with Crippen LogP contribution in [0.3, 0.4) is 0 Å². The number of anilines is 1. The van der Waals surface area contributed by atoms with Gasteiger partial charge in [0.1, 0.15) is 11.8 Å². The van der Waals surface area contributed by atoms with Crippen molar-refractivity contribution in [3.05, 3.63) is 104 Å². The largest absolute Gasteiger partial charge is 0.496 e. The second-order valence-corrected chi connectivity index (χ2v) is 10.2. The molecule has 3 heterocycles. The number of carbonyl (C=O) groups is 3. The van der Waals surface area contributed by atoms with Gasteiger partial charge in [0.2, 0.25) is 11.8 Å². The van der Waals surface area contributed by atoms with Crippen LogP contribution in [-0.4, -0.2) is 40.6 Å². The van der Waals surface area contributed by atoms with Crippen LogP contribution in [-0.2, 0) is 9.59 Å². The number of imide groups is 1. The van der Waals surface area contributed by atoms with Gasteiger partial charge in [-0.25, -0.2) is 4.90 Å². The van der Waals surface area contributed by atoms with Gasteiger partial charge in [0.15, 0.2) is 5.78 Å². The van der Waals surface area contributed by atoms with Gasteiger partial charge in [0.05, 0.1) is 40.1 Å². The summed E-state index contributed by atoms with van der Waals surface area (Å²) in [5.74, 6) is -2.40. The Morgan fingerprint density at radius 2 is 1.71 bits per heavy atom. The number of hydrogen-bond donors (Lipinski definition) is 0. The standard InChI is InChI=1S/C28H20BrN3O6/c1-38-21-11-6-16(14-20(21)29)26(33)25-23-22(24-19-5-3-2-4-15(19)12-13-30(24)25)27(34)31(28(23)35)17-7-9-18(10-8-17)32(36)37/h2-14,22-25H,1H3/t22-,23+,24+,25-/m0/s1. The number of fused-ring (bicyclic) bond motifs is 5. The van der Waals surface area contributed by atoms with Crippen LogP contribution in [0.4, 0.5) is 11.4 Å². The molecule has 3 aromatic carbocycles. The second-order valence-electron chi connectivity index (χ2n) is 9.33. The fourth-order valence-electron chi connectivity index (χ4n) is 5.83. The van der Waals surface area contributed by atoms with Crippen molar-refractivity contribution in [2.75, 3.05) is 12.0 Å². The number of nitro groups is 1. The Morgan fingerprint density at radius 1 is 1.00 bits per heavy atom. The summed E-state index contributed by atoms with van der Waals surface area (Å²) in [7, 11) is 1.53. The minimum atomic E-state index is -0.938. The van der Waals surface area contributed by atoms with Crippen LogP contribution < -0.4 is 9.64 Å². The van der Waals surface area contributed by atoms with Gasteiger partial charge < -0.3 is 9.64 Å².